The summed E-state index contributed by atoms with van der Waals surface area (Å²) in [5.41, 5.74) is 0.583. The third-order valence-electron chi connectivity index (χ3n) is 3.25. The van der Waals surface area contributed by atoms with Crippen LogP contribution < -0.4 is 5.56 Å². The smallest absolute Gasteiger partial charge is 0.250 e. The Morgan fingerprint density at radius 3 is 2.82 bits per heavy atom. The summed E-state index contributed by atoms with van der Waals surface area (Å²) >= 11 is 3.29. The highest BCUT2D eigenvalue weighted by molar-refractivity contribution is 9.10. The predicted molar refractivity (Wildman–Crippen MR) is 85.9 cm³/mol. The van der Waals surface area contributed by atoms with Gasteiger partial charge in [-0.1, -0.05) is 12.1 Å². The van der Waals surface area contributed by atoms with E-state index in [0.717, 1.165) is 10.0 Å². The van der Waals surface area contributed by atoms with E-state index in [9.17, 15) is 14.0 Å². The molecule has 0 spiro atoms. The zero-order valence-corrected chi connectivity index (χ0v) is 13.7. The Morgan fingerprint density at radius 2 is 2.09 bits per heavy atom. The van der Waals surface area contributed by atoms with E-state index >= 15 is 0 Å². The van der Waals surface area contributed by atoms with Gasteiger partial charge in [0, 0.05) is 43.3 Å². The molecule has 0 saturated heterocycles. The van der Waals surface area contributed by atoms with Gasteiger partial charge in [-0.2, -0.15) is 0 Å². The van der Waals surface area contributed by atoms with Gasteiger partial charge in [-0.25, -0.2) is 4.39 Å². The first-order valence-electron chi connectivity index (χ1n) is 6.80. The number of aromatic nitrogens is 1. The maximum absolute atomic E-state index is 13.1. The van der Waals surface area contributed by atoms with Crippen molar-refractivity contribution in [2.75, 3.05) is 7.05 Å². The van der Waals surface area contributed by atoms with Crippen LogP contribution in [0.25, 0.3) is 0 Å². The topological polar surface area (TPSA) is 42.3 Å². The first-order valence-corrected chi connectivity index (χ1v) is 7.59. The first-order chi connectivity index (χ1) is 10.5. The fourth-order valence-electron chi connectivity index (χ4n) is 2.08. The van der Waals surface area contributed by atoms with Crippen LogP contribution in [0.3, 0.4) is 0 Å². The normalized spacial score (nSPS) is 10.5. The van der Waals surface area contributed by atoms with Crippen molar-refractivity contribution in [2.45, 2.75) is 19.5 Å². The van der Waals surface area contributed by atoms with Gasteiger partial charge in [-0.3, -0.25) is 9.59 Å². The summed E-state index contributed by atoms with van der Waals surface area (Å²) in [6.07, 6.45) is 1.87. The number of amides is 1. The SMILES string of the molecule is CN(Cc1cccc(F)c1)C(=O)CCn1cc(Br)ccc1=O. The first kappa shape index (κ1) is 16.4. The predicted octanol–water partition coefficient (Wildman–Crippen LogP) is 2.80. The number of halogens is 2. The van der Waals surface area contributed by atoms with Crippen molar-refractivity contribution < 1.29 is 9.18 Å². The summed E-state index contributed by atoms with van der Waals surface area (Å²) in [4.78, 5) is 25.3. The van der Waals surface area contributed by atoms with Crippen LogP contribution in [0.5, 0.6) is 0 Å². The van der Waals surface area contributed by atoms with Crippen LogP contribution in [0.2, 0.25) is 0 Å². The van der Waals surface area contributed by atoms with Crippen LogP contribution in [-0.4, -0.2) is 22.4 Å². The van der Waals surface area contributed by atoms with Gasteiger partial charge in [0.25, 0.3) is 5.56 Å². The van der Waals surface area contributed by atoms with Crippen molar-refractivity contribution in [3.05, 3.63) is 68.8 Å². The number of nitrogens with zero attached hydrogens (tertiary/aromatic N) is 2. The molecule has 0 bridgehead atoms. The highest BCUT2D eigenvalue weighted by Crippen LogP contribution is 2.08. The largest absolute Gasteiger partial charge is 0.341 e. The zero-order valence-electron chi connectivity index (χ0n) is 12.1. The molecular formula is C16H16BrFN2O2. The Labute approximate surface area is 136 Å². The van der Waals surface area contributed by atoms with Crippen molar-refractivity contribution >= 4 is 21.8 Å². The van der Waals surface area contributed by atoms with Crippen LogP contribution >= 0.6 is 15.9 Å². The Morgan fingerprint density at radius 1 is 1.32 bits per heavy atom. The van der Waals surface area contributed by atoms with Crippen molar-refractivity contribution in [3.63, 3.8) is 0 Å². The lowest BCUT2D eigenvalue weighted by Gasteiger charge is -2.17. The number of carbonyl (C=O) groups excluding carboxylic acids is 1. The summed E-state index contributed by atoms with van der Waals surface area (Å²) < 4.78 is 15.4. The molecular weight excluding hydrogens is 351 g/mol. The number of hydrogen-bond donors (Lipinski definition) is 0. The second-order valence-electron chi connectivity index (χ2n) is 5.01. The number of benzene rings is 1. The lowest BCUT2D eigenvalue weighted by Crippen LogP contribution is -2.28. The van der Waals surface area contributed by atoms with Crippen molar-refractivity contribution in [1.29, 1.82) is 0 Å². The molecule has 2 rings (SSSR count). The van der Waals surface area contributed by atoms with Gasteiger partial charge in [-0.05, 0) is 39.7 Å². The van der Waals surface area contributed by atoms with E-state index in [2.05, 4.69) is 15.9 Å². The summed E-state index contributed by atoms with van der Waals surface area (Å²) in [6, 6.07) is 9.27. The minimum Gasteiger partial charge on any atom is -0.341 e. The molecule has 22 heavy (non-hydrogen) atoms. The quantitative estimate of drug-likeness (QED) is 0.816. The second-order valence-corrected chi connectivity index (χ2v) is 5.92. The molecule has 2 aromatic rings. The van der Waals surface area contributed by atoms with Crippen LogP contribution in [-0.2, 0) is 17.9 Å². The number of hydrogen-bond acceptors (Lipinski definition) is 2. The third kappa shape index (κ3) is 4.53. The van der Waals surface area contributed by atoms with E-state index in [1.165, 1.54) is 27.7 Å². The zero-order chi connectivity index (χ0) is 16.1. The van der Waals surface area contributed by atoms with Crippen LogP contribution in [0.15, 0.2) is 51.9 Å². The molecule has 4 nitrogen and oxygen atoms in total. The molecule has 116 valence electrons. The highest BCUT2D eigenvalue weighted by Gasteiger charge is 2.10. The van der Waals surface area contributed by atoms with E-state index in [0.29, 0.717) is 13.1 Å². The van der Waals surface area contributed by atoms with E-state index < -0.39 is 0 Å². The third-order valence-corrected chi connectivity index (χ3v) is 3.72. The van der Waals surface area contributed by atoms with Crippen LogP contribution in [0, 0.1) is 5.82 Å². The lowest BCUT2D eigenvalue weighted by molar-refractivity contribution is -0.130. The Bertz CT molecular complexity index is 730. The Balaban J connectivity index is 1.94. The number of rotatable bonds is 5. The van der Waals surface area contributed by atoms with Gasteiger partial charge < -0.3 is 9.47 Å². The van der Waals surface area contributed by atoms with Crippen LogP contribution in [0.1, 0.15) is 12.0 Å². The molecule has 0 N–H and O–H groups in total. The standard InChI is InChI=1S/C16H16BrFN2O2/c1-19(10-12-3-2-4-14(18)9-12)15(21)7-8-20-11-13(17)5-6-16(20)22/h2-6,9,11H,7-8,10H2,1H3. The Hall–Kier alpha value is -1.95. The van der Waals surface area contributed by atoms with E-state index in [-0.39, 0.29) is 23.7 Å². The molecule has 0 unspecified atom stereocenters. The highest BCUT2D eigenvalue weighted by atomic mass is 79.9. The van der Waals surface area contributed by atoms with Gasteiger partial charge in [0.1, 0.15) is 5.82 Å². The summed E-state index contributed by atoms with van der Waals surface area (Å²) in [5.74, 6) is -0.421. The fraction of sp³-hybridized carbons (Fsp3) is 0.250. The summed E-state index contributed by atoms with van der Waals surface area (Å²) in [6.45, 7) is 0.647. The van der Waals surface area contributed by atoms with Gasteiger partial charge in [0.2, 0.25) is 5.91 Å². The molecule has 0 aliphatic carbocycles. The van der Waals surface area contributed by atoms with Gasteiger partial charge in [-0.15, -0.1) is 0 Å². The average molecular weight is 367 g/mol. The van der Waals surface area contributed by atoms with Crippen molar-refractivity contribution in [1.82, 2.24) is 9.47 Å². The number of aryl methyl sites for hydroxylation is 1. The van der Waals surface area contributed by atoms with Crippen LogP contribution in [0.4, 0.5) is 4.39 Å². The summed E-state index contributed by atoms with van der Waals surface area (Å²) in [5, 5.41) is 0. The van der Waals surface area contributed by atoms with Crippen molar-refractivity contribution in [3.8, 4) is 0 Å². The molecule has 0 saturated carbocycles. The minimum absolute atomic E-state index is 0.101. The molecule has 0 radical (unpaired) electrons. The molecule has 1 aromatic heterocycles. The minimum atomic E-state index is -0.320. The molecule has 1 aromatic carbocycles. The molecule has 0 atom stereocenters. The van der Waals surface area contributed by atoms with E-state index in [4.69, 9.17) is 0 Å². The molecule has 0 aliphatic rings. The maximum Gasteiger partial charge on any atom is 0.250 e. The lowest BCUT2D eigenvalue weighted by atomic mass is 10.2. The number of pyridine rings is 1. The Kier molecular flexibility index (Phi) is 5.49. The van der Waals surface area contributed by atoms with Gasteiger partial charge in [0.15, 0.2) is 0 Å². The molecule has 0 aliphatic heterocycles. The molecule has 0 fully saturated rings. The van der Waals surface area contributed by atoms with E-state index in [1.807, 2.05) is 0 Å². The summed E-state index contributed by atoms with van der Waals surface area (Å²) in [7, 11) is 1.66. The van der Waals surface area contributed by atoms with Gasteiger partial charge >= 0.3 is 0 Å². The molecule has 6 heteroatoms. The van der Waals surface area contributed by atoms with E-state index in [1.54, 1.807) is 31.4 Å². The molecule has 1 heterocycles. The second kappa shape index (κ2) is 7.35. The average Bonchev–Trinajstić information content (AvgIpc) is 2.47. The van der Waals surface area contributed by atoms with Crippen molar-refractivity contribution in [2.24, 2.45) is 0 Å². The fourth-order valence-corrected chi connectivity index (χ4v) is 2.46. The molecule has 1 amide bonds. The maximum atomic E-state index is 13.1. The van der Waals surface area contributed by atoms with Gasteiger partial charge in [0.05, 0.1) is 0 Å². The monoisotopic (exact) mass is 366 g/mol. The number of carbonyl (C=O) groups is 1.